The topological polar surface area (TPSA) is 101 Å². The number of nitrogens with zero attached hydrogens (tertiary/aromatic N) is 2. The van der Waals surface area contributed by atoms with E-state index in [9.17, 15) is 13.2 Å². The molecule has 3 rings (SSSR count). The molecule has 0 unspecified atom stereocenters. The third-order valence-corrected chi connectivity index (χ3v) is 5.64. The average Bonchev–Trinajstić information content (AvgIpc) is 2.97. The lowest BCUT2D eigenvalue weighted by atomic mass is 10.2. The van der Waals surface area contributed by atoms with E-state index in [-0.39, 0.29) is 10.8 Å². The number of fused-ring (bicyclic) bond motifs is 1. The number of pyridine rings is 1. The van der Waals surface area contributed by atoms with Crippen LogP contribution in [0.1, 0.15) is 17.3 Å². The van der Waals surface area contributed by atoms with Crippen molar-refractivity contribution in [1.82, 2.24) is 14.7 Å². The molecule has 1 amide bonds. The van der Waals surface area contributed by atoms with Crippen LogP contribution in [0.5, 0.6) is 0 Å². The second-order valence-electron chi connectivity index (χ2n) is 4.84. The minimum atomic E-state index is -3.52. The largest absolute Gasteiger partial charge is 0.298 e. The molecule has 1 aromatic carbocycles. The quantitative estimate of drug-likeness (QED) is 0.725. The van der Waals surface area contributed by atoms with Crippen LogP contribution in [0.3, 0.4) is 0 Å². The molecular formula is C15H14N4O3S2. The molecule has 0 atom stereocenters. The zero-order valence-electron chi connectivity index (χ0n) is 12.7. The maximum atomic E-state index is 12.1. The second-order valence-corrected chi connectivity index (χ2v) is 7.64. The van der Waals surface area contributed by atoms with Gasteiger partial charge in [-0.25, -0.2) is 18.1 Å². The molecule has 3 aromatic rings. The first-order valence-electron chi connectivity index (χ1n) is 7.11. The van der Waals surface area contributed by atoms with Gasteiger partial charge in [0, 0.05) is 24.5 Å². The summed E-state index contributed by atoms with van der Waals surface area (Å²) >= 11 is 1.22. The third-order valence-electron chi connectivity index (χ3n) is 3.17. The molecule has 0 saturated heterocycles. The number of benzene rings is 1. The van der Waals surface area contributed by atoms with Gasteiger partial charge in [0.1, 0.15) is 0 Å². The highest BCUT2D eigenvalue weighted by molar-refractivity contribution is 7.89. The number of thiazole rings is 1. The van der Waals surface area contributed by atoms with Crippen molar-refractivity contribution in [2.45, 2.75) is 11.8 Å². The van der Waals surface area contributed by atoms with E-state index in [2.05, 4.69) is 20.0 Å². The number of anilines is 1. The Balaban J connectivity index is 1.88. The van der Waals surface area contributed by atoms with Gasteiger partial charge in [-0.15, -0.1) is 0 Å². The predicted octanol–water partition coefficient (Wildman–Crippen LogP) is 2.24. The molecular weight excluding hydrogens is 348 g/mol. The van der Waals surface area contributed by atoms with E-state index in [1.54, 1.807) is 31.2 Å². The minimum absolute atomic E-state index is 0.174. The highest BCUT2D eigenvalue weighted by Crippen LogP contribution is 2.28. The van der Waals surface area contributed by atoms with Crippen molar-refractivity contribution in [3.05, 3.63) is 48.3 Å². The lowest BCUT2D eigenvalue weighted by molar-refractivity contribution is 0.102. The van der Waals surface area contributed by atoms with Crippen molar-refractivity contribution in [3.8, 4) is 0 Å². The minimum Gasteiger partial charge on any atom is -0.298 e. The van der Waals surface area contributed by atoms with Gasteiger partial charge in [0.25, 0.3) is 5.91 Å². The molecule has 24 heavy (non-hydrogen) atoms. The van der Waals surface area contributed by atoms with Gasteiger partial charge in [0.2, 0.25) is 10.0 Å². The van der Waals surface area contributed by atoms with Gasteiger partial charge in [0.05, 0.1) is 15.1 Å². The Morgan fingerprint density at radius 2 is 1.96 bits per heavy atom. The van der Waals surface area contributed by atoms with E-state index in [4.69, 9.17) is 0 Å². The van der Waals surface area contributed by atoms with E-state index < -0.39 is 10.0 Å². The molecule has 0 saturated carbocycles. The maximum Gasteiger partial charge on any atom is 0.257 e. The van der Waals surface area contributed by atoms with Gasteiger partial charge in [0.15, 0.2) is 5.13 Å². The highest BCUT2D eigenvalue weighted by Gasteiger charge is 2.15. The monoisotopic (exact) mass is 362 g/mol. The van der Waals surface area contributed by atoms with Crippen LogP contribution in [-0.2, 0) is 10.0 Å². The summed E-state index contributed by atoms with van der Waals surface area (Å²) in [6, 6.07) is 7.87. The molecule has 9 heteroatoms. The van der Waals surface area contributed by atoms with Crippen molar-refractivity contribution in [2.24, 2.45) is 0 Å². The standard InChI is InChI=1S/C15H14N4O3S2/c1-2-17-24(21,22)11-3-4-12-13(9-11)23-15(18-12)19-14(20)10-5-7-16-8-6-10/h3-9,17H,2H2,1H3,(H,18,19,20). The highest BCUT2D eigenvalue weighted by atomic mass is 32.2. The fourth-order valence-corrected chi connectivity index (χ4v) is 4.11. The lowest BCUT2D eigenvalue weighted by Crippen LogP contribution is -2.22. The summed E-state index contributed by atoms with van der Waals surface area (Å²) in [6.07, 6.45) is 3.07. The van der Waals surface area contributed by atoms with E-state index >= 15 is 0 Å². The summed E-state index contributed by atoms with van der Waals surface area (Å²) in [7, 11) is -3.52. The number of sulfonamides is 1. The number of aromatic nitrogens is 2. The van der Waals surface area contributed by atoms with Crippen molar-refractivity contribution in [2.75, 3.05) is 11.9 Å². The van der Waals surface area contributed by atoms with E-state index in [0.717, 1.165) is 0 Å². The first-order valence-corrected chi connectivity index (χ1v) is 9.41. The Morgan fingerprint density at radius 3 is 2.67 bits per heavy atom. The number of rotatable bonds is 5. The molecule has 0 aliphatic rings. The first-order chi connectivity index (χ1) is 11.5. The van der Waals surface area contributed by atoms with Gasteiger partial charge in [-0.2, -0.15) is 0 Å². The predicted molar refractivity (Wildman–Crippen MR) is 92.7 cm³/mol. The molecule has 0 aliphatic carbocycles. The fraction of sp³-hybridized carbons (Fsp3) is 0.133. The molecule has 0 fully saturated rings. The molecule has 124 valence electrons. The van der Waals surface area contributed by atoms with Crippen molar-refractivity contribution in [3.63, 3.8) is 0 Å². The van der Waals surface area contributed by atoms with Gasteiger partial charge in [-0.05, 0) is 30.3 Å². The summed E-state index contributed by atoms with van der Waals surface area (Å²) in [6.45, 7) is 2.03. The average molecular weight is 362 g/mol. The third kappa shape index (κ3) is 3.42. The zero-order valence-corrected chi connectivity index (χ0v) is 14.3. The smallest absolute Gasteiger partial charge is 0.257 e. The Kier molecular flexibility index (Phi) is 4.56. The van der Waals surface area contributed by atoms with Gasteiger partial charge < -0.3 is 0 Å². The summed E-state index contributed by atoms with van der Waals surface area (Å²) < 4.78 is 27.2. The summed E-state index contributed by atoms with van der Waals surface area (Å²) in [5.74, 6) is -0.294. The number of carbonyl (C=O) groups is 1. The first kappa shape index (κ1) is 16.5. The van der Waals surface area contributed by atoms with Crippen LogP contribution >= 0.6 is 11.3 Å². The van der Waals surface area contributed by atoms with Crippen molar-refractivity contribution in [1.29, 1.82) is 0 Å². The van der Waals surface area contributed by atoms with Crippen LogP contribution in [0.4, 0.5) is 5.13 Å². The zero-order chi connectivity index (χ0) is 17.2. The van der Waals surface area contributed by atoms with Crippen LogP contribution < -0.4 is 10.0 Å². The lowest BCUT2D eigenvalue weighted by Gasteiger charge is -2.03. The van der Waals surface area contributed by atoms with Crippen molar-refractivity contribution < 1.29 is 13.2 Å². The number of hydrogen-bond donors (Lipinski definition) is 2. The van der Waals surface area contributed by atoms with Crippen LogP contribution in [0, 0.1) is 0 Å². The Bertz CT molecular complexity index is 984. The van der Waals surface area contributed by atoms with E-state index in [1.807, 2.05) is 0 Å². The molecule has 2 N–H and O–H groups in total. The molecule has 0 radical (unpaired) electrons. The Morgan fingerprint density at radius 1 is 1.21 bits per heavy atom. The van der Waals surface area contributed by atoms with Crippen LogP contribution in [-0.4, -0.2) is 30.8 Å². The normalized spacial score (nSPS) is 11.5. The molecule has 0 bridgehead atoms. The summed E-state index contributed by atoms with van der Waals surface area (Å²) in [5.41, 5.74) is 1.10. The molecule has 0 aliphatic heterocycles. The number of nitrogens with one attached hydrogen (secondary N) is 2. The fourth-order valence-electron chi connectivity index (χ4n) is 2.07. The molecule has 7 nitrogen and oxygen atoms in total. The Hall–Kier alpha value is -2.36. The van der Waals surface area contributed by atoms with E-state index in [0.29, 0.717) is 27.5 Å². The second kappa shape index (κ2) is 6.63. The number of carbonyl (C=O) groups excluding carboxylic acids is 1. The maximum absolute atomic E-state index is 12.1. The molecule has 0 spiro atoms. The molecule has 2 heterocycles. The van der Waals surface area contributed by atoms with E-state index in [1.165, 1.54) is 29.8 Å². The number of amides is 1. The van der Waals surface area contributed by atoms with Gasteiger partial charge in [-0.1, -0.05) is 18.3 Å². The molecule has 2 aromatic heterocycles. The van der Waals surface area contributed by atoms with Crippen LogP contribution in [0.15, 0.2) is 47.6 Å². The van der Waals surface area contributed by atoms with Gasteiger partial charge >= 0.3 is 0 Å². The number of hydrogen-bond acceptors (Lipinski definition) is 6. The van der Waals surface area contributed by atoms with Crippen LogP contribution in [0.2, 0.25) is 0 Å². The van der Waals surface area contributed by atoms with Gasteiger partial charge in [-0.3, -0.25) is 15.1 Å². The van der Waals surface area contributed by atoms with Crippen molar-refractivity contribution >= 4 is 42.6 Å². The SMILES string of the molecule is CCNS(=O)(=O)c1ccc2nc(NC(=O)c3ccncc3)sc2c1. The Labute approximate surface area is 142 Å². The summed E-state index contributed by atoms with van der Waals surface area (Å²) in [5, 5.41) is 3.11. The van der Waals surface area contributed by atoms with Crippen LogP contribution in [0.25, 0.3) is 10.2 Å². The summed E-state index contributed by atoms with van der Waals surface area (Å²) in [4.78, 5) is 20.5.